The largest absolute Gasteiger partial charge is 0.451 e. The summed E-state index contributed by atoms with van der Waals surface area (Å²) in [7, 11) is 1.22. The molecule has 2 aromatic carbocycles. The molecular weight excluding hydrogens is 377 g/mol. The molecule has 0 fully saturated rings. The van der Waals surface area contributed by atoms with E-state index >= 15 is 0 Å². The lowest BCUT2D eigenvalue weighted by atomic mass is 10.0. The Hall–Kier alpha value is -2.81. The summed E-state index contributed by atoms with van der Waals surface area (Å²) in [6.45, 7) is 0. The van der Waals surface area contributed by atoms with Crippen molar-refractivity contribution in [2.24, 2.45) is 7.05 Å². The zero-order chi connectivity index (χ0) is 19.4. The number of benzene rings is 2. The normalized spacial score (nSPS) is 11.4. The number of alkyl halides is 3. The van der Waals surface area contributed by atoms with Crippen LogP contribution in [0.3, 0.4) is 0 Å². The third-order valence-electron chi connectivity index (χ3n) is 3.71. The van der Waals surface area contributed by atoms with Gasteiger partial charge in [0.05, 0.1) is 5.75 Å². The van der Waals surface area contributed by atoms with Crippen LogP contribution in [-0.2, 0) is 18.0 Å². The molecule has 0 atom stereocenters. The molecule has 140 valence electrons. The van der Waals surface area contributed by atoms with Gasteiger partial charge in [-0.1, -0.05) is 60.3 Å². The van der Waals surface area contributed by atoms with Crippen molar-refractivity contribution in [2.45, 2.75) is 11.3 Å². The van der Waals surface area contributed by atoms with Gasteiger partial charge in [-0.3, -0.25) is 4.79 Å². The number of halogens is 3. The number of carbonyl (C=O) groups is 1. The summed E-state index contributed by atoms with van der Waals surface area (Å²) in [4.78, 5) is 12.3. The maximum absolute atomic E-state index is 12.7. The predicted octanol–water partition coefficient (Wildman–Crippen LogP) is 4.23. The summed E-state index contributed by atoms with van der Waals surface area (Å²) in [6, 6.07) is 16.9. The summed E-state index contributed by atoms with van der Waals surface area (Å²) in [5.41, 5.74) is 2.43. The van der Waals surface area contributed by atoms with E-state index in [0.29, 0.717) is 5.69 Å². The first kappa shape index (κ1) is 19.0. The zero-order valence-corrected chi connectivity index (χ0v) is 15.0. The van der Waals surface area contributed by atoms with Crippen LogP contribution < -0.4 is 5.32 Å². The van der Waals surface area contributed by atoms with Crippen molar-refractivity contribution in [3.63, 3.8) is 0 Å². The molecule has 27 heavy (non-hydrogen) atoms. The number of nitrogens with zero attached hydrogens (tertiary/aromatic N) is 3. The van der Waals surface area contributed by atoms with Crippen LogP contribution in [0.2, 0.25) is 0 Å². The van der Waals surface area contributed by atoms with Crippen LogP contribution in [0.1, 0.15) is 5.82 Å². The Morgan fingerprint density at radius 1 is 1.07 bits per heavy atom. The average molecular weight is 392 g/mol. The number of thioether (sulfide) groups is 1. The number of hydrogen-bond donors (Lipinski definition) is 1. The molecule has 3 rings (SSSR count). The molecule has 0 aliphatic heterocycles. The molecule has 0 unspecified atom stereocenters. The number of aromatic nitrogens is 3. The number of anilines is 1. The highest BCUT2D eigenvalue weighted by atomic mass is 32.2. The fraction of sp³-hybridized carbons (Fsp3) is 0.167. The van der Waals surface area contributed by atoms with Gasteiger partial charge in [0.15, 0.2) is 5.16 Å². The summed E-state index contributed by atoms with van der Waals surface area (Å²) in [6.07, 6.45) is -4.59. The van der Waals surface area contributed by atoms with Crippen LogP contribution >= 0.6 is 11.8 Å². The number of para-hydroxylation sites is 1. The highest BCUT2D eigenvalue weighted by Gasteiger charge is 2.37. The van der Waals surface area contributed by atoms with Gasteiger partial charge in [-0.25, -0.2) is 0 Å². The highest BCUT2D eigenvalue weighted by Crippen LogP contribution is 2.30. The molecule has 1 aromatic heterocycles. The second kappa shape index (κ2) is 7.83. The van der Waals surface area contributed by atoms with E-state index in [-0.39, 0.29) is 16.8 Å². The van der Waals surface area contributed by atoms with Crippen molar-refractivity contribution < 1.29 is 18.0 Å². The van der Waals surface area contributed by atoms with Gasteiger partial charge in [0.1, 0.15) is 0 Å². The lowest BCUT2D eigenvalue weighted by Gasteiger charge is -2.11. The number of nitrogens with one attached hydrogen (secondary N) is 1. The lowest BCUT2D eigenvalue weighted by molar-refractivity contribution is -0.147. The molecule has 1 heterocycles. The van der Waals surface area contributed by atoms with Crippen LogP contribution in [0, 0.1) is 0 Å². The van der Waals surface area contributed by atoms with Crippen molar-refractivity contribution in [2.75, 3.05) is 11.1 Å². The number of hydrogen-bond acceptors (Lipinski definition) is 4. The summed E-state index contributed by atoms with van der Waals surface area (Å²) in [5.74, 6) is -1.53. The Balaban J connectivity index is 1.69. The monoisotopic (exact) mass is 392 g/mol. The van der Waals surface area contributed by atoms with Crippen molar-refractivity contribution >= 4 is 23.4 Å². The summed E-state index contributed by atoms with van der Waals surface area (Å²) in [5, 5.41) is 9.46. The number of carbonyl (C=O) groups excluding carboxylic acids is 1. The van der Waals surface area contributed by atoms with Crippen molar-refractivity contribution in [1.82, 2.24) is 14.8 Å². The van der Waals surface area contributed by atoms with E-state index in [1.54, 1.807) is 12.1 Å². The molecule has 5 nitrogen and oxygen atoms in total. The van der Waals surface area contributed by atoms with E-state index in [0.717, 1.165) is 27.5 Å². The Morgan fingerprint density at radius 3 is 2.41 bits per heavy atom. The van der Waals surface area contributed by atoms with E-state index in [2.05, 4.69) is 15.5 Å². The third-order valence-corrected chi connectivity index (χ3v) is 4.73. The van der Waals surface area contributed by atoms with Gasteiger partial charge in [-0.2, -0.15) is 13.2 Å². The molecule has 0 aliphatic carbocycles. The molecule has 0 saturated heterocycles. The fourth-order valence-corrected chi connectivity index (χ4v) is 3.18. The standard InChI is InChI=1S/C18H15F3N4OS/c1-25-16(18(19,20)21)23-24-17(25)27-11-15(26)22-14-10-6-5-9-13(14)12-7-3-2-4-8-12/h2-10H,11H2,1H3,(H,22,26). The van der Waals surface area contributed by atoms with E-state index in [9.17, 15) is 18.0 Å². The smallest absolute Gasteiger partial charge is 0.325 e. The molecule has 9 heteroatoms. The third kappa shape index (κ3) is 4.48. The highest BCUT2D eigenvalue weighted by molar-refractivity contribution is 7.99. The summed E-state index contributed by atoms with van der Waals surface area (Å²) < 4.78 is 39.1. The van der Waals surface area contributed by atoms with E-state index in [1.165, 1.54) is 7.05 Å². The van der Waals surface area contributed by atoms with Crippen LogP contribution in [-0.4, -0.2) is 26.4 Å². The predicted molar refractivity (Wildman–Crippen MR) is 97.2 cm³/mol. The Labute approximate surface area is 157 Å². The zero-order valence-electron chi connectivity index (χ0n) is 14.2. The molecule has 0 bridgehead atoms. The maximum Gasteiger partial charge on any atom is 0.451 e. The SMILES string of the molecule is Cn1c(SCC(=O)Nc2ccccc2-c2ccccc2)nnc1C(F)(F)F. The molecule has 3 aromatic rings. The van der Waals surface area contributed by atoms with E-state index in [4.69, 9.17) is 0 Å². The van der Waals surface area contributed by atoms with Gasteiger partial charge in [0, 0.05) is 18.3 Å². The van der Waals surface area contributed by atoms with E-state index < -0.39 is 12.0 Å². The molecule has 0 aliphatic rings. The maximum atomic E-state index is 12.7. The first-order chi connectivity index (χ1) is 12.9. The Bertz CT molecular complexity index is 941. The molecule has 0 radical (unpaired) electrons. The number of rotatable bonds is 5. The molecular formula is C18H15F3N4OS. The fourth-order valence-electron chi connectivity index (χ4n) is 2.47. The van der Waals surface area contributed by atoms with Crippen LogP contribution in [0.25, 0.3) is 11.1 Å². The lowest BCUT2D eigenvalue weighted by Crippen LogP contribution is -2.16. The second-order valence-corrected chi connectivity index (χ2v) is 6.55. The first-order valence-electron chi connectivity index (χ1n) is 7.90. The molecule has 1 N–H and O–H groups in total. The average Bonchev–Trinajstić information content (AvgIpc) is 3.02. The van der Waals surface area contributed by atoms with Gasteiger partial charge >= 0.3 is 6.18 Å². The minimum absolute atomic E-state index is 0.0221. The van der Waals surface area contributed by atoms with Gasteiger partial charge in [-0.05, 0) is 11.6 Å². The van der Waals surface area contributed by atoms with Gasteiger partial charge in [0.25, 0.3) is 0 Å². The van der Waals surface area contributed by atoms with Crippen molar-refractivity contribution in [3.05, 3.63) is 60.4 Å². The topological polar surface area (TPSA) is 59.8 Å². The first-order valence-corrected chi connectivity index (χ1v) is 8.88. The molecule has 1 amide bonds. The Morgan fingerprint density at radius 2 is 1.74 bits per heavy atom. The van der Waals surface area contributed by atoms with Gasteiger partial charge < -0.3 is 9.88 Å². The van der Waals surface area contributed by atoms with Gasteiger partial charge in [0.2, 0.25) is 11.7 Å². The summed E-state index contributed by atoms with van der Waals surface area (Å²) >= 11 is 0.890. The minimum atomic E-state index is -4.59. The van der Waals surface area contributed by atoms with Crippen LogP contribution in [0.4, 0.5) is 18.9 Å². The van der Waals surface area contributed by atoms with Crippen molar-refractivity contribution in [1.29, 1.82) is 0 Å². The van der Waals surface area contributed by atoms with Crippen molar-refractivity contribution in [3.8, 4) is 11.1 Å². The molecule has 0 spiro atoms. The minimum Gasteiger partial charge on any atom is -0.325 e. The number of amides is 1. The molecule has 0 saturated carbocycles. The Kier molecular flexibility index (Phi) is 5.50. The van der Waals surface area contributed by atoms with Gasteiger partial charge in [-0.15, -0.1) is 10.2 Å². The van der Waals surface area contributed by atoms with Crippen LogP contribution in [0.15, 0.2) is 59.8 Å². The quantitative estimate of drug-likeness (QED) is 0.660. The second-order valence-electron chi connectivity index (χ2n) is 5.61. The van der Waals surface area contributed by atoms with Crippen LogP contribution in [0.5, 0.6) is 0 Å². The van der Waals surface area contributed by atoms with E-state index in [1.807, 2.05) is 42.5 Å².